The maximum atomic E-state index is 11.7. The van der Waals surface area contributed by atoms with Crippen molar-refractivity contribution >= 4 is 33.6 Å². The number of benzene rings is 1. The van der Waals surface area contributed by atoms with Crippen LogP contribution in [0, 0.1) is 0 Å². The number of nitrogens with one attached hydrogen (secondary N) is 1. The van der Waals surface area contributed by atoms with Gasteiger partial charge in [-0.15, -0.1) is 0 Å². The van der Waals surface area contributed by atoms with Crippen LogP contribution in [0.4, 0.5) is 0 Å². The normalized spacial score (nSPS) is 10.4. The number of carbonyl (C=O) groups excluding carboxylic acids is 2. The molecule has 100 valence electrons. The Balaban J connectivity index is 2.47. The highest BCUT2D eigenvalue weighted by atomic mass is 79.9. The molecule has 0 atom stereocenters. The Kier molecular flexibility index (Phi) is 5.95. The molecule has 0 heterocycles. The third-order valence-corrected chi connectivity index (χ3v) is 2.68. The van der Waals surface area contributed by atoms with Gasteiger partial charge in [-0.05, 0) is 30.3 Å². The van der Waals surface area contributed by atoms with E-state index in [0.29, 0.717) is 5.56 Å². The van der Waals surface area contributed by atoms with Gasteiger partial charge in [-0.3, -0.25) is 14.4 Å². The standard InChI is InChI=1S/C13H12BrNO4/c14-10-3-1-9(2-4-10)11(16)5-6-12(17)15-8-7-13(18)19/h1-6H,7-8H2,(H,15,17)(H,18,19)/b6-5+. The monoisotopic (exact) mass is 325 g/mol. The second-order valence-corrected chi connectivity index (χ2v) is 4.55. The Labute approximate surface area is 118 Å². The first kappa shape index (κ1) is 15.1. The maximum absolute atomic E-state index is 11.7. The molecule has 6 heteroatoms. The van der Waals surface area contributed by atoms with Crippen LogP contribution in [0.15, 0.2) is 40.9 Å². The molecule has 0 aliphatic heterocycles. The number of carboxylic acids is 1. The first-order valence-corrected chi connectivity index (χ1v) is 6.26. The van der Waals surface area contributed by atoms with Crippen molar-refractivity contribution in [2.75, 3.05) is 6.54 Å². The average Bonchev–Trinajstić information content (AvgIpc) is 2.36. The third-order valence-electron chi connectivity index (χ3n) is 2.15. The molecule has 0 bridgehead atoms. The molecule has 2 N–H and O–H groups in total. The molecule has 0 aliphatic rings. The molecule has 1 rings (SSSR count). The second-order valence-electron chi connectivity index (χ2n) is 3.64. The van der Waals surface area contributed by atoms with Crippen LogP contribution in [-0.2, 0) is 9.59 Å². The van der Waals surface area contributed by atoms with E-state index in [1.807, 2.05) is 0 Å². The van der Waals surface area contributed by atoms with Gasteiger partial charge in [0.1, 0.15) is 0 Å². The van der Waals surface area contributed by atoms with E-state index in [4.69, 9.17) is 5.11 Å². The zero-order valence-corrected chi connectivity index (χ0v) is 11.5. The van der Waals surface area contributed by atoms with Crippen LogP contribution < -0.4 is 5.32 Å². The van der Waals surface area contributed by atoms with Crippen molar-refractivity contribution in [1.29, 1.82) is 0 Å². The molecule has 0 aromatic heterocycles. The Bertz CT molecular complexity index is 508. The number of aliphatic carboxylic acids is 1. The summed E-state index contributed by atoms with van der Waals surface area (Å²) in [6, 6.07) is 6.74. The minimum atomic E-state index is -0.991. The highest BCUT2D eigenvalue weighted by Gasteiger charge is 2.03. The fraction of sp³-hybridized carbons (Fsp3) is 0.154. The van der Waals surface area contributed by atoms with E-state index >= 15 is 0 Å². The lowest BCUT2D eigenvalue weighted by molar-refractivity contribution is -0.136. The zero-order chi connectivity index (χ0) is 14.3. The zero-order valence-electron chi connectivity index (χ0n) is 9.93. The second kappa shape index (κ2) is 7.48. The summed E-state index contributed by atoms with van der Waals surface area (Å²) in [6.07, 6.45) is 2.09. The minimum Gasteiger partial charge on any atom is -0.481 e. The number of carbonyl (C=O) groups is 3. The number of hydrogen-bond acceptors (Lipinski definition) is 3. The summed E-state index contributed by atoms with van der Waals surface area (Å²) in [6.45, 7) is 0.0327. The minimum absolute atomic E-state index is 0.0327. The van der Waals surface area contributed by atoms with E-state index in [9.17, 15) is 14.4 Å². The molecule has 19 heavy (non-hydrogen) atoms. The molecule has 0 spiro atoms. The van der Waals surface area contributed by atoms with Crippen LogP contribution in [-0.4, -0.2) is 29.3 Å². The van der Waals surface area contributed by atoms with Crippen LogP contribution in [0.5, 0.6) is 0 Å². The summed E-state index contributed by atoms with van der Waals surface area (Å²) in [7, 11) is 0. The number of hydrogen-bond donors (Lipinski definition) is 2. The van der Waals surface area contributed by atoms with E-state index < -0.39 is 11.9 Å². The Morgan fingerprint density at radius 2 is 1.79 bits per heavy atom. The van der Waals surface area contributed by atoms with Gasteiger partial charge < -0.3 is 10.4 Å². The highest BCUT2D eigenvalue weighted by molar-refractivity contribution is 9.10. The fourth-order valence-electron chi connectivity index (χ4n) is 1.21. The van der Waals surface area contributed by atoms with Crippen molar-refractivity contribution in [3.8, 4) is 0 Å². The molecule has 0 saturated heterocycles. The first-order chi connectivity index (χ1) is 8.99. The Morgan fingerprint density at radius 1 is 1.16 bits per heavy atom. The topological polar surface area (TPSA) is 83.5 Å². The van der Waals surface area contributed by atoms with Crippen LogP contribution in [0.1, 0.15) is 16.8 Å². The molecule has 1 aromatic rings. The quantitative estimate of drug-likeness (QED) is 0.616. The van der Waals surface area contributed by atoms with Gasteiger partial charge in [0.2, 0.25) is 5.91 Å². The van der Waals surface area contributed by atoms with Gasteiger partial charge in [-0.25, -0.2) is 0 Å². The summed E-state index contributed by atoms with van der Waals surface area (Å²) < 4.78 is 0.861. The maximum Gasteiger partial charge on any atom is 0.305 e. The predicted octanol–water partition coefficient (Wildman–Crippen LogP) is 1.78. The molecular formula is C13H12BrNO4. The van der Waals surface area contributed by atoms with Crippen molar-refractivity contribution in [1.82, 2.24) is 5.32 Å². The molecule has 0 saturated carbocycles. The molecule has 0 aliphatic carbocycles. The van der Waals surface area contributed by atoms with E-state index in [2.05, 4.69) is 21.2 Å². The van der Waals surface area contributed by atoms with Gasteiger partial charge in [-0.2, -0.15) is 0 Å². The summed E-state index contributed by atoms with van der Waals surface area (Å²) in [4.78, 5) is 33.2. The van der Waals surface area contributed by atoms with Crippen molar-refractivity contribution in [2.24, 2.45) is 0 Å². The summed E-state index contributed by atoms with van der Waals surface area (Å²) >= 11 is 3.26. The van der Waals surface area contributed by atoms with Gasteiger partial charge >= 0.3 is 5.97 Å². The van der Waals surface area contributed by atoms with Crippen LogP contribution in [0.3, 0.4) is 0 Å². The molecule has 5 nitrogen and oxygen atoms in total. The summed E-state index contributed by atoms with van der Waals surface area (Å²) in [5, 5.41) is 10.8. The third kappa shape index (κ3) is 5.96. The SMILES string of the molecule is O=C(O)CCNC(=O)/C=C/C(=O)c1ccc(Br)cc1. The molecule has 0 unspecified atom stereocenters. The molecule has 1 aromatic carbocycles. The summed E-state index contributed by atoms with van der Waals surface area (Å²) in [5.74, 6) is -1.78. The van der Waals surface area contributed by atoms with Gasteiger partial charge in [-0.1, -0.05) is 15.9 Å². The van der Waals surface area contributed by atoms with Gasteiger partial charge in [0, 0.05) is 22.7 Å². The van der Waals surface area contributed by atoms with E-state index in [1.54, 1.807) is 24.3 Å². The Hall–Kier alpha value is -1.95. The lowest BCUT2D eigenvalue weighted by Crippen LogP contribution is -2.24. The fourth-order valence-corrected chi connectivity index (χ4v) is 1.48. The lowest BCUT2D eigenvalue weighted by Gasteiger charge is -1.98. The van der Waals surface area contributed by atoms with Crippen molar-refractivity contribution in [3.63, 3.8) is 0 Å². The van der Waals surface area contributed by atoms with E-state index in [1.165, 1.54) is 0 Å². The van der Waals surface area contributed by atoms with Crippen LogP contribution >= 0.6 is 15.9 Å². The first-order valence-electron chi connectivity index (χ1n) is 5.46. The van der Waals surface area contributed by atoms with Gasteiger partial charge in [0.15, 0.2) is 5.78 Å². The largest absolute Gasteiger partial charge is 0.481 e. The number of allylic oxidation sites excluding steroid dienone is 1. The number of amides is 1. The van der Waals surface area contributed by atoms with Crippen molar-refractivity contribution in [3.05, 3.63) is 46.5 Å². The smallest absolute Gasteiger partial charge is 0.305 e. The van der Waals surface area contributed by atoms with Crippen LogP contribution in [0.2, 0.25) is 0 Å². The van der Waals surface area contributed by atoms with Gasteiger partial charge in [0.05, 0.1) is 6.42 Å². The molecule has 1 amide bonds. The number of rotatable bonds is 6. The predicted molar refractivity (Wildman–Crippen MR) is 72.9 cm³/mol. The molecular weight excluding hydrogens is 314 g/mol. The van der Waals surface area contributed by atoms with Crippen molar-refractivity contribution in [2.45, 2.75) is 6.42 Å². The lowest BCUT2D eigenvalue weighted by atomic mass is 10.1. The summed E-state index contributed by atoms with van der Waals surface area (Å²) in [5.41, 5.74) is 0.470. The molecule has 0 radical (unpaired) electrons. The average molecular weight is 326 g/mol. The molecule has 0 fully saturated rings. The number of ketones is 1. The number of carboxylic acid groups (broad SMARTS) is 1. The Morgan fingerprint density at radius 3 is 2.37 bits per heavy atom. The highest BCUT2D eigenvalue weighted by Crippen LogP contribution is 2.11. The van der Waals surface area contributed by atoms with Gasteiger partial charge in [0.25, 0.3) is 0 Å². The van der Waals surface area contributed by atoms with Crippen LogP contribution in [0.25, 0.3) is 0 Å². The van der Waals surface area contributed by atoms with E-state index in [-0.39, 0.29) is 18.7 Å². The van der Waals surface area contributed by atoms with Crippen molar-refractivity contribution < 1.29 is 19.5 Å². The number of halogens is 1. The van der Waals surface area contributed by atoms with E-state index in [0.717, 1.165) is 16.6 Å².